The summed E-state index contributed by atoms with van der Waals surface area (Å²) >= 11 is 0. The standard InChI is InChI=1S/C11H22N2O3/c1-5-11(6-2,7-12)10(15)13-8(3)9(14)16-4/h8H,5-7,12H2,1-4H3,(H,13,15)/t8-/m0/s1. The third-order valence-electron chi connectivity index (χ3n) is 3.13. The Morgan fingerprint density at radius 3 is 2.19 bits per heavy atom. The maximum atomic E-state index is 12.0. The maximum Gasteiger partial charge on any atom is 0.328 e. The van der Waals surface area contributed by atoms with Gasteiger partial charge in [-0.25, -0.2) is 4.79 Å². The van der Waals surface area contributed by atoms with Crippen LogP contribution in [0.1, 0.15) is 33.6 Å². The number of nitrogens with two attached hydrogens (primary N) is 1. The van der Waals surface area contributed by atoms with Gasteiger partial charge in [0.2, 0.25) is 5.91 Å². The molecule has 0 aliphatic rings. The second kappa shape index (κ2) is 6.48. The minimum Gasteiger partial charge on any atom is -0.467 e. The van der Waals surface area contributed by atoms with Crippen molar-refractivity contribution in [1.82, 2.24) is 5.32 Å². The summed E-state index contributed by atoms with van der Waals surface area (Å²) in [5, 5.41) is 2.63. The Hall–Kier alpha value is -1.10. The van der Waals surface area contributed by atoms with Crippen molar-refractivity contribution in [1.29, 1.82) is 0 Å². The quantitative estimate of drug-likeness (QED) is 0.648. The average Bonchev–Trinajstić information content (AvgIpc) is 2.30. The summed E-state index contributed by atoms with van der Waals surface area (Å²) in [5.74, 6) is -0.635. The number of nitrogens with one attached hydrogen (secondary N) is 1. The number of carbonyl (C=O) groups excluding carboxylic acids is 2. The van der Waals surface area contributed by atoms with Gasteiger partial charge >= 0.3 is 5.97 Å². The number of hydrogen-bond donors (Lipinski definition) is 2. The van der Waals surface area contributed by atoms with Crippen LogP contribution in [0, 0.1) is 5.41 Å². The van der Waals surface area contributed by atoms with Crippen LogP contribution in [0.25, 0.3) is 0 Å². The van der Waals surface area contributed by atoms with E-state index in [1.165, 1.54) is 7.11 Å². The Labute approximate surface area is 96.7 Å². The Morgan fingerprint density at radius 1 is 1.38 bits per heavy atom. The van der Waals surface area contributed by atoms with Crippen molar-refractivity contribution in [3.8, 4) is 0 Å². The Balaban J connectivity index is 4.60. The normalized spacial score (nSPS) is 13.1. The second-order valence-corrected chi connectivity index (χ2v) is 3.91. The first-order valence-corrected chi connectivity index (χ1v) is 5.56. The predicted molar refractivity (Wildman–Crippen MR) is 61.7 cm³/mol. The lowest BCUT2D eigenvalue weighted by Gasteiger charge is -2.29. The first kappa shape index (κ1) is 14.9. The molecule has 16 heavy (non-hydrogen) atoms. The second-order valence-electron chi connectivity index (χ2n) is 3.91. The van der Waals surface area contributed by atoms with Gasteiger partial charge in [0.05, 0.1) is 12.5 Å². The number of carbonyl (C=O) groups is 2. The zero-order valence-corrected chi connectivity index (χ0v) is 10.5. The molecular weight excluding hydrogens is 208 g/mol. The van der Waals surface area contributed by atoms with Crippen LogP contribution in [-0.4, -0.2) is 31.6 Å². The molecule has 0 heterocycles. The summed E-state index contributed by atoms with van der Waals surface area (Å²) in [6.45, 7) is 5.70. The summed E-state index contributed by atoms with van der Waals surface area (Å²) < 4.78 is 4.54. The fourth-order valence-electron chi connectivity index (χ4n) is 1.54. The van der Waals surface area contributed by atoms with Crippen LogP contribution < -0.4 is 11.1 Å². The lowest BCUT2D eigenvalue weighted by Crippen LogP contribution is -2.50. The zero-order valence-electron chi connectivity index (χ0n) is 10.5. The minimum absolute atomic E-state index is 0.182. The lowest BCUT2D eigenvalue weighted by atomic mass is 9.81. The highest BCUT2D eigenvalue weighted by atomic mass is 16.5. The van der Waals surface area contributed by atoms with Gasteiger partial charge in [-0.3, -0.25) is 4.79 Å². The Kier molecular flexibility index (Phi) is 6.03. The predicted octanol–water partition coefficient (Wildman–Crippen LogP) is 0.429. The van der Waals surface area contributed by atoms with Crippen LogP contribution >= 0.6 is 0 Å². The van der Waals surface area contributed by atoms with E-state index in [1.807, 2.05) is 13.8 Å². The topological polar surface area (TPSA) is 81.4 Å². The molecule has 0 unspecified atom stereocenters. The highest BCUT2D eigenvalue weighted by Crippen LogP contribution is 2.25. The van der Waals surface area contributed by atoms with Gasteiger partial charge in [-0.05, 0) is 19.8 Å². The van der Waals surface area contributed by atoms with Crippen molar-refractivity contribution >= 4 is 11.9 Å². The fraction of sp³-hybridized carbons (Fsp3) is 0.818. The smallest absolute Gasteiger partial charge is 0.328 e. The SMILES string of the molecule is CCC(CC)(CN)C(=O)N[C@@H](C)C(=O)OC. The molecule has 0 saturated heterocycles. The summed E-state index contributed by atoms with van der Waals surface area (Å²) in [4.78, 5) is 23.2. The van der Waals surface area contributed by atoms with Crippen LogP contribution in [0.5, 0.6) is 0 Å². The van der Waals surface area contributed by atoms with Crippen molar-refractivity contribution in [2.75, 3.05) is 13.7 Å². The van der Waals surface area contributed by atoms with E-state index < -0.39 is 17.4 Å². The summed E-state index contributed by atoms with van der Waals surface area (Å²) in [6.07, 6.45) is 1.31. The molecule has 0 fully saturated rings. The molecule has 0 aromatic carbocycles. The molecular formula is C11H22N2O3. The Bertz CT molecular complexity index is 241. The van der Waals surface area contributed by atoms with Gasteiger partial charge in [0.15, 0.2) is 0 Å². The molecule has 5 nitrogen and oxygen atoms in total. The van der Waals surface area contributed by atoms with Crippen molar-refractivity contribution < 1.29 is 14.3 Å². The van der Waals surface area contributed by atoms with Gasteiger partial charge in [0, 0.05) is 6.54 Å². The molecule has 0 aliphatic heterocycles. The number of rotatable bonds is 6. The van der Waals surface area contributed by atoms with E-state index in [0.717, 1.165) is 0 Å². The van der Waals surface area contributed by atoms with E-state index in [0.29, 0.717) is 12.8 Å². The molecule has 3 N–H and O–H groups in total. The number of esters is 1. The molecule has 1 atom stereocenters. The highest BCUT2D eigenvalue weighted by Gasteiger charge is 2.34. The molecule has 0 rings (SSSR count). The van der Waals surface area contributed by atoms with Gasteiger partial charge in [0.25, 0.3) is 0 Å². The van der Waals surface area contributed by atoms with Gasteiger partial charge in [-0.1, -0.05) is 13.8 Å². The molecule has 0 radical (unpaired) electrons. The van der Waals surface area contributed by atoms with E-state index in [2.05, 4.69) is 10.1 Å². The van der Waals surface area contributed by atoms with E-state index in [4.69, 9.17) is 5.73 Å². The van der Waals surface area contributed by atoms with Gasteiger partial charge in [-0.15, -0.1) is 0 Å². The van der Waals surface area contributed by atoms with Crippen molar-refractivity contribution in [2.24, 2.45) is 11.1 Å². The number of amides is 1. The molecule has 0 aliphatic carbocycles. The van der Waals surface area contributed by atoms with E-state index in [1.54, 1.807) is 6.92 Å². The van der Waals surface area contributed by atoms with Crippen molar-refractivity contribution in [3.63, 3.8) is 0 Å². The maximum absolute atomic E-state index is 12.0. The van der Waals surface area contributed by atoms with Gasteiger partial charge in [0.1, 0.15) is 6.04 Å². The molecule has 0 saturated carbocycles. The molecule has 1 amide bonds. The third kappa shape index (κ3) is 3.20. The zero-order chi connectivity index (χ0) is 12.8. The highest BCUT2D eigenvalue weighted by molar-refractivity contribution is 5.87. The molecule has 0 aromatic heterocycles. The summed E-state index contributed by atoms with van der Waals surface area (Å²) in [5.41, 5.74) is 5.06. The number of hydrogen-bond acceptors (Lipinski definition) is 4. The van der Waals surface area contributed by atoms with E-state index in [-0.39, 0.29) is 12.5 Å². The van der Waals surface area contributed by atoms with E-state index >= 15 is 0 Å². The molecule has 0 spiro atoms. The first-order valence-electron chi connectivity index (χ1n) is 5.56. The summed E-state index contributed by atoms with van der Waals surface area (Å²) in [7, 11) is 1.29. The molecule has 94 valence electrons. The largest absolute Gasteiger partial charge is 0.467 e. The van der Waals surface area contributed by atoms with Crippen LogP contribution in [0.3, 0.4) is 0 Å². The minimum atomic E-state index is -0.637. The average molecular weight is 230 g/mol. The van der Waals surface area contributed by atoms with Crippen LogP contribution in [0.15, 0.2) is 0 Å². The molecule has 5 heteroatoms. The number of methoxy groups -OCH3 is 1. The van der Waals surface area contributed by atoms with Crippen molar-refractivity contribution in [3.05, 3.63) is 0 Å². The van der Waals surface area contributed by atoms with Crippen LogP contribution in [-0.2, 0) is 14.3 Å². The first-order chi connectivity index (χ1) is 7.47. The fourth-order valence-corrected chi connectivity index (χ4v) is 1.54. The number of ether oxygens (including phenoxy) is 1. The van der Waals surface area contributed by atoms with Gasteiger partial charge in [-0.2, -0.15) is 0 Å². The monoisotopic (exact) mass is 230 g/mol. The summed E-state index contributed by atoms with van der Waals surface area (Å²) in [6, 6.07) is -0.637. The Morgan fingerprint density at radius 2 is 1.88 bits per heavy atom. The molecule has 0 bridgehead atoms. The molecule has 0 aromatic rings. The lowest BCUT2D eigenvalue weighted by molar-refractivity contribution is -0.146. The van der Waals surface area contributed by atoms with Gasteiger partial charge < -0.3 is 15.8 Å². The third-order valence-corrected chi connectivity index (χ3v) is 3.13. The van der Waals surface area contributed by atoms with Crippen molar-refractivity contribution in [2.45, 2.75) is 39.7 Å². The van der Waals surface area contributed by atoms with E-state index in [9.17, 15) is 9.59 Å². The van der Waals surface area contributed by atoms with Crippen LogP contribution in [0.4, 0.5) is 0 Å². The van der Waals surface area contributed by atoms with Crippen LogP contribution in [0.2, 0.25) is 0 Å².